The highest BCUT2D eigenvalue weighted by Crippen LogP contribution is 2.36. The van der Waals surface area contributed by atoms with E-state index in [-0.39, 0.29) is 28.4 Å². The lowest BCUT2D eigenvalue weighted by molar-refractivity contribution is -0.138. The number of benzene rings is 2. The first-order chi connectivity index (χ1) is 16.0. The molecule has 0 atom stereocenters. The summed E-state index contributed by atoms with van der Waals surface area (Å²) in [4.78, 5) is 24.9. The zero-order chi connectivity index (χ0) is 25.0. The molecule has 1 fully saturated rings. The van der Waals surface area contributed by atoms with Gasteiger partial charge in [0.25, 0.3) is 5.91 Å². The highest BCUT2D eigenvalue weighted by Gasteiger charge is 2.32. The molecule has 0 aromatic heterocycles. The summed E-state index contributed by atoms with van der Waals surface area (Å²) >= 11 is 6.26. The van der Waals surface area contributed by atoms with Gasteiger partial charge in [-0.15, -0.1) is 0 Å². The molecule has 1 N–H and O–H groups in total. The molecule has 2 aromatic rings. The van der Waals surface area contributed by atoms with E-state index in [2.05, 4.69) is 0 Å². The molecule has 0 saturated carbocycles. The Morgan fingerprint density at radius 2 is 1.68 bits per heavy atom. The number of rotatable bonds is 8. The van der Waals surface area contributed by atoms with Crippen LogP contribution in [0.1, 0.15) is 36.8 Å². The number of carbonyl (C=O) groups excluding carboxylic acids is 1. The molecule has 1 aliphatic rings. The van der Waals surface area contributed by atoms with Crippen molar-refractivity contribution in [3.05, 3.63) is 64.1 Å². The molecule has 4 nitrogen and oxygen atoms in total. The van der Waals surface area contributed by atoms with Crippen molar-refractivity contribution in [1.82, 2.24) is 4.90 Å². The lowest BCUT2D eigenvalue weighted by Gasteiger charge is -2.13. The lowest BCUT2D eigenvalue weighted by Crippen LogP contribution is -2.29. The van der Waals surface area contributed by atoms with Gasteiger partial charge in [-0.1, -0.05) is 36.5 Å². The Hall–Kier alpha value is -2.79. The van der Waals surface area contributed by atoms with Crippen molar-refractivity contribution in [2.45, 2.75) is 31.9 Å². The number of unbranched alkanes of at least 4 members (excludes halogenated alkanes) is 2. The van der Waals surface area contributed by atoms with Crippen molar-refractivity contribution in [3.8, 4) is 11.1 Å². The summed E-state index contributed by atoms with van der Waals surface area (Å²) in [5, 5.41) is 8.67. The number of thioether (sulfide) groups is 1. The standard InChI is InChI=1S/C23H18F5NO3S2/c24-17-7-5-13(10-15(17)16-12-14(23(26,27)28)6-8-18(16)25)11-19-21(32)29(22(33)34-19)9-3-1-2-4-20(30)31/h5-8,10-12H,1-4,9H2,(H,30,31)/b19-11-. The zero-order valence-electron chi connectivity index (χ0n) is 17.5. The van der Waals surface area contributed by atoms with E-state index in [9.17, 15) is 31.5 Å². The topological polar surface area (TPSA) is 57.6 Å². The Labute approximate surface area is 201 Å². The monoisotopic (exact) mass is 515 g/mol. The molecule has 1 heterocycles. The molecule has 0 aliphatic carbocycles. The quantitative estimate of drug-likeness (QED) is 0.188. The highest BCUT2D eigenvalue weighted by molar-refractivity contribution is 8.26. The number of amides is 1. The van der Waals surface area contributed by atoms with E-state index in [0.29, 0.717) is 48.3 Å². The smallest absolute Gasteiger partial charge is 0.416 e. The van der Waals surface area contributed by atoms with Gasteiger partial charge < -0.3 is 5.11 Å². The van der Waals surface area contributed by atoms with Crippen molar-refractivity contribution >= 4 is 46.3 Å². The first-order valence-electron chi connectivity index (χ1n) is 10.1. The van der Waals surface area contributed by atoms with Gasteiger partial charge in [0.2, 0.25) is 0 Å². The molecule has 1 aliphatic heterocycles. The average Bonchev–Trinajstić information content (AvgIpc) is 3.01. The predicted octanol–water partition coefficient (Wildman–Crippen LogP) is 6.50. The van der Waals surface area contributed by atoms with Crippen LogP contribution in [0.25, 0.3) is 17.2 Å². The molecular weight excluding hydrogens is 497 g/mol. The number of hydrogen-bond donors (Lipinski definition) is 1. The van der Waals surface area contributed by atoms with Crippen LogP contribution in [-0.2, 0) is 15.8 Å². The van der Waals surface area contributed by atoms with Gasteiger partial charge in [-0.25, -0.2) is 8.78 Å². The molecule has 1 saturated heterocycles. The Morgan fingerprint density at radius 3 is 2.32 bits per heavy atom. The fourth-order valence-corrected chi connectivity index (χ4v) is 4.62. The molecule has 34 heavy (non-hydrogen) atoms. The number of carboxylic acid groups (broad SMARTS) is 1. The third-order valence-electron chi connectivity index (χ3n) is 5.02. The Bertz CT molecular complexity index is 1160. The molecule has 0 spiro atoms. The molecule has 0 unspecified atom stereocenters. The van der Waals surface area contributed by atoms with E-state index < -0.39 is 34.9 Å². The van der Waals surface area contributed by atoms with Crippen molar-refractivity contribution in [3.63, 3.8) is 0 Å². The molecule has 180 valence electrons. The minimum absolute atomic E-state index is 0.0394. The largest absolute Gasteiger partial charge is 0.481 e. The third kappa shape index (κ3) is 6.20. The van der Waals surface area contributed by atoms with Gasteiger partial charge in [0.05, 0.1) is 10.5 Å². The molecule has 3 rings (SSSR count). The summed E-state index contributed by atoms with van der Waals surface area (Å²) in [5.74, 6) is -3.20. The Kier molecular flexibility index (Phi) is 8.09. The lowest BCUT2D eigenvalue weighted by atomic mass is 9.99. The summed E-state index contributed by atoms with van der Waals surface area (Å²) in [7, 11) is 0. The molecule has 0 radical (unpaired) electrons. The van der Waals surface area contributed by atoms with Crippen LogP contribution >= 0.6 is 24.0 Å². The van der Waals surface area contributed by atoms with Crippen LogP contribution < -0.4 is 0 Å². The van der Waals surface area contributed by atoms with Crippen LogP contribution in [0, 0.1) is 11.6 Å². The van der Waals surface area contributed by atoms with Crippen molar-refractivity contribution < 1.29 is 36.6 Å². The first-order valence-corrected chi connectivity index (χ1v) is 11.3. The number of nitrogens with zero attached hydrogens (tertiary/aromatic N) is 1. The number of carbonyl (C=O) groups is 2. The Morgan fingerprint density at radius 1 is 1.03 bits per heavy atom. The van der Waals surface area contributed by atoms with E-state index in [1.807, 2.05) is 0 Å². The van der Waals surface area contributed by atoms with Gasteiger partial charge in [-0.3, -0.25) is 14.5 Å². The molecule has 11 heteroatoms. The summed E-state index contributed by atoms with van der Waals surface area (Å²) in [6.45, 7) is 0.311. The summed E-state index contributed by atoms with van der Waals surface area (Å²) in [6.07, 6.45) is -1.63. The summed E-state index contributed by atoms with van der Waals surface area (Å²) < 4.78 is 68.1. The van der Waals surface area contributed by atoms with E-state index in [1.165, 1.54) is 23.1 Å². The van der Waals surface area contributed by atoms with Gasteiger partial charge >= 0.3 is 12.1 Å². The van der Waals surface area contributed by atoms with E-state index >= 15 is 0 Å². The van der Waals surface area contributed by atoms with Crippen LogP contribution in [0.15, 0.2) is 41.3 Å². The second kappa shape index (κ2) is 10.6. The Balaban J connectivity index is 1.81. The van der Waals surface area contributed by atoms with Crippen LogP contribution in [0.5, 0.6) is 0 Å². The van der Waals surface area contributed by atoms with Gasteiger partial charge in [-0.2, -0.15) is 13.2 Å². The summed E-state index contributed by atoms with van der Waals surface area (Å²) in [5.41, 5.74) is -1.74. The zero-order valence-corrected chi connectivity index (χ0v) is 19.1. The predicted molar refractivity (Wildman–Crippen MR) is 123 cm³/mol. The second-order valence-corrected chi connectivity index (χ2v) is 9.15. The molecule has 2 aromatic carbocycles. The minimum atomic E-state index is -4.72. The number of hydrogen-bond acceptors (Lipinski definition) is 4. The molecule has 1 amide bonds. The number of thiocarbonyl (C=S) groups is 1. The normalized spacial score (nSPS) is 15.4. The SMILES string of the molecule is O=C(O)CCCCCN1C(=O)/C(=C/c2ccc(F)c(-c3cc(C(F)(F)F)ccc3F)c2)SC1=S. The van der Waals surface area contributed by atoms with Gasteiger partial charge in [0.15, 0.2) is 0 Å². The average molecular weight is 516 g/mol. The number of carboxylic acids is 1. The fraction of sp³-hybridized carbons (Fsp3) is 0.261. The van der Waals surface area contributed by atoms with E-state index in [1.54, 1.807) is 0 Å². The van der Waals surface area contributed by atoms with Crippen LogP contribution in [-0.4, -0.2) is 32.7 Å². The maximum absolute atomic E-state index is 14.4. The second-order valence-electron chi connectivity index (χ2n) is 7.47. The molecular formula is C23H18F5NO3S2. The van der Waals surface area contributed by atoms with Crippen molar-refractivity contribution in [2.24, 2.45) is 0 Å². The van der Waals surface area contributed by atoms with E-state index in [4.69, 9.17) is 17.3 Å². The van der Waals surface area contributed by atoms with Crippen molar-refractivity contribution in [1.29, 1.82) is 0 Å². The highest BCUT2D eigenvalue weighted by atomic mass is 32.2. The number of aliphatic carboxylic acids is 1. The maximum atomic E-state index is 14.4. The molecule has 0 bridgehead atoms. The van der Waals surface area contributed by atoms with Gasteiger partial charge in [0.1, 0.15) is 16.0 Å². The van der Waals surface area contributed by atoms with Gasteiger partial charge in [0, 0.05) is 24.1 Å². The van der Waals surface area contributed by atoms with Crippen LogP contribution in [0.4, 0.5) is 22.0 Å². The van der Waals surface area contributed by atoms with Crippen molar-refractivity contribution in [2.75, 3.05) is 6.54 Å². The first kappa shape index (κ1) is 25.8. The minimum Gasteiger partial charge on any atom is -0.481 e. The number of alkyl halides is 3. The maximum Gasteiger partial charge on any atom is 0.416 e. The van der Waals surface area contributed by atoms with Crippen LogP contribution in [0.2, 0.25) is 0 Å². The number of halogens is 5. The summed E-state index contributed by atoms with van der Waals surface area (Å²) in [6, 6.07) is 5.24. The van der Waals surface area contributed by atoms with Crippen LogP contribution in [0.3, 0.4) is 0 Å². The fourth-order valence-electron chi connectivity index (χ4n) is 3.31. The van der Waals surface area contributed by atoms with Gasteiger partial charge in [-0.05, 0) is 54.8 Å². The van der Waals surface area contributed by atoms with E-state index in [0.717, 1.165) is 17.8 Å². The third-order valence-corrected chi connectivity index (χ3v) is 6.40.